The van der Waals surface area contributed by atoms with E-state index in [9.17, 15) is 19.5 Å². The maximum atomic E-state index is 13.8. The van der Waals surface area contributed by atoms with Crippen molar-refractivity contribution in [1.82, 2.24) is 0 Å². The van der Waals surface area contributed by atoms with Crippen molar-refractivity contribution in [2.24, 2.45) is 28.6 Å². The summed E-state index contributed by atoms with van der Waals surface area (Å²) in [6, 6.07) is 9.41. The van der Waals surface area contributed by atoms with Crippen molar-refractivity contribution in [3.05, 3.63) is 60.2 Å². The molecule has 32 heavy (non-hydrogen) atoms. The van der Waals surface area contributed by atoms with Gasteiger partial charge in [-0.15, -0.1) is 0 Å². The van der Waals surface area contributed by atoms with Crippen LogP contribution in [0, 0.1) is 28.6 Å². The number of allylic oxidation sites excluding steroid dienone is 1. The molecule has 1 heterocycles. The number of aliphatic hydroxyl groups is 1. The summed E-state index contributed by atoms with van der Waals surface area (Å²) in [6.45, 7) is 5.86. The largest absolute Gasteiger partial charge is 0.461 e. The Morgan fingerprint density at radius 1 is 1.28 bits per heavy atom. The Kier molecular flexibility index (Phi) is 3.72. The molecule has 1 aromatic carbocycles. The Hall–Kier alpha value is -2.73. The fraction of sp³-hybridized carbons (Fsp3) is 0.500. The van der Waals surface area contributed by atoms with Gasteiger partial charge < -0.3 is 14.6 Å². The highest BCUT2D eigenvalue weighted by Gasteiger charge is 2.83. The van der Waals surface area contributed by atoms with Crippen molar-refractivity contribution in [3.63, 3.8) is 0 Å². The molecule has 7 atom stereocenters. The second-order valence-corrected chi connectivity index (χ2v) is 10.5. The fourth-order valence-corrected chi connectivity index (χ4v) is 7.79. The van der Waals surface area contributed by atoms with E-state index >= 15 is 0 Å². The summed E-state index contributed by atoms with van der Waals surface area (Å²) in [4.78, 5) is 39.8. The van der Waals surface area contributed by atoms with Crippen LogP contribution in [0.3, 0.4) is 0 Å². The van der Waals surface area contributed by atoms with E-state index in [1.165, 1.54) is 6.08 Å². The number of benzene rings is 1. The number of ketones is 1. The van der Waals surface area contributed by atoms with Gasteiger partial charge in [-0.1, -0.05) is 36.9 Å². The molecule has 4 bridgehead atoms. The quantitative estimate of drug-likeness (QED) is 0.447. The summed E-state index contributed by atoms with van der Waals surface area (Å²) in [5.41, 5.74) is -2.56. The van der Waals surface area contributed by atoms with Crippen molar-refractivity contribution in [2.45, 2.75) is 50.4 Å². The van der Waals surface area contributed by atoms with Crippen molar-refractivity contribution < 1.29 is 29.0 Å². The molecule has 6 rings (SSSR count). The Morgan fingerprint density at radius 3 is 2.78 bits per heavy atom. The van der Waals surface area contributed by atoms with Gasteiger partial charge in [0.2, 0.25) is 0 Å². The van der Waals surface area contributed by atoms with Crippen molar-refractivity contribution >= 4 is 17.7 Å². The smallest absolute Gasteiger partial charge is 0.321 e. The molecule has 0 aromatic heterocycles. The minimum absolute atomic E-state index is 0.108. The Balaban J connectivity index is 1.47. The van der Waals surface area contributed by atoms with Crippen molar-refractivity contribution in [3.8, 4) is 0 Å². The minimum Gasteiger partial charge on any atom is -0.461 e. The predicted molar refractivity (Wildman–Crippen MR) is 113 cm³/mol. The number of rotatable bonds is 3. The lowest BCUT2D eigenvalue weighted by Crippen LogP contribution is -2.49. The van der Waals surface area contributed by atoms with Crippen LogP contribution in [0.2, 0.25) is 0 Å². The van der Waals surface area contributed by atoms with Crippen molar-refractivity contribution in [1.29, 1.82) is 0 Å². The van der Waals surface area contributed by atoms with Crippen LogP contribution in [0.4, 0.5) is 0 Å². The van der Waals surface area contributed by atoms with Gasteiger partial charge in [0.1, 0.15) is 17.6 Å². The zero-order valence-electron chi connectivity index (χ0n) is 18.0. The highest BCUT2D eigenvalue weighted by atomic mass is 16.6. The average Bonchev–Trinajstić information content (AvgIpc) is 3.20. The summed E-state index contributed by atoms with van der Waals surface area (Å²) in [5, 5.41) is 11.3. The first kappa shape index (κ1) is 19.9. The Morgan fingerprint density at radius 2 is 2.03 bits per heavy atom. The number of ether oxygens (including phenoxy) is 2. The normalized spacial score (nSPS) is 45.4. The maximum absolute atomic E-state index is 13.8. The van der Waals surface area contributed by atoms with Gasteiger partial charge in [-0.25, -0.2) is 0 Å². The first-order valence-electron chi connectivity index (χ1n) is 11.3. The Labute approximate surface area is 186 Å². The molecule has 1 saturated heterocycles. The van der Waals surface area contributed by atoms with Crippen LogP contribution < -0.4 is 0 Å². The summed E-state index contributed by atoms with van der Waals surface area (Å²) in [5.74, 6) is -2.90. The van der Waals surface area contributed by atoms with E-state index in [-0.39, 0.29) is 18.3 Å². The predicted octanol–water partition coefficient (Wildman–Crippen LogP) is 2.89. The molecule has 6 nitrogen and oxygen atoms in total. The van der Waals surface area contributed by atoms with E-state index in [0.717, 1.165) is 11.1 Å². The molecule has 166 valence electrons. The van der Waals surface area contributed by atoms with E-state index in [1.54, 1.807) is 13.0 Å². The van der Waals surface area contributed by atoms with Gasteiger partial charge in [0.15, 0.2) is 5.78 Å². The highest BCUT2D eigenvalue weighted by Crippen LogP contribution is 2.77. The van der Waals surface area contributed by atoms with Crippen LogP contribution in [0.15, 0.2) is 54.6 Å². The standard InChI is InChI=1S/C26H26O6/c1-15-12-24-14-25(15,30)10-8-17(24)26-11-9-18(27)23(2,22(29)32-26)20(26)19(24)21(28)31-13-16-6-4-3-5-7-16/h3-7,9,11,17,19-20,30H,1,8,10,12-14H2,2H3/t17-,19-,20-,23+,24+,25+,26-/m1/s1. The lowest BCUT2D eigenvalue weighted by atomic mass is 9.61. The molecule has 1 aliphatic heterocycles. The maximum Gasteiger partial charge on any atom is 0.321 e. The van der Waals surface area contributed by atoms with Crippen LogP contribution in [-0.2, 0) is 30.5 Å². The molecular weight excluding hydrogens is 408 g/mol. The van der Waals surface area contributed by atoms with Gasteiger partial charge >= 0.3 is 11.9 Å². The molecule has 1 aromatic rings. The summed E-state index contributed by atoms with van der Waals surface area (Å²) in [6.07, 6.45) is 5.12. The van der Waals surface area contributed by atoms with Gasteiger partial charge in [0.05, 0.1) is 11.5 Å². The number of hydrogen-bond donors (Lipinski definition) is 1. The SMILES string of the molecule is C=C1C[C@]23C[C@@]1(O)CC[C@H]2[C@@]12C=CC(=O)[C@](C)(C(=O)O1)[C@H]2[C@@H]3C(=O)OCc1ccccc1. The van der Waals surface area contributed by atoms with E-state index in [2.05, 4.69) is 6.58 Å². The molecule has 4 aliphatic carbocycles. The third-order valence-corrected chi connectivity index (χ3v) is 9.15. The molecule has 3 saturated carbocycles. The summed E-state index contributed by atoms with van der Waals surface area (Å²) >= 11 is 0. The van der Waals surface area contributed by atoms with Gasteiger partial charge in [-0.3, -0.25) is 14.4 Å². The first-order chi connectivity index (χ1) is 15.2. The fourth-order valence-electron chi connectivity index (χ4n) is 7.79. The summed E-state index contributed by atoms with van der Waals surface area (Å²) < 4.78 is 11.8. The van der Waals surface area contributed by atoms with Crippen LogP contribution in [0.5, 0.6) is 0 Å². The first-order valence-corrected chi connectivity index (χ1v) is 11.3. The second kappa shape index (κ2) is 5.98. The van der Waals surface area contributed by atoms with Crippen molar-refractivity contribution in [2.75, 3.05) is 0 Å². The van der Waals surface area contributed by atoms with Gasteiger partial charge in [-0.2, -0.15) is 0 Å². The third kappa shape index (κ3) is 2.12. The molecule has 6 heteroatoms. The molecule has 0 amide bonds. The van der Waals surface area contributed by atoms with Gasteiger partial charge in [0, 0.05) is 11.8 Å². The zero-order valence-corrected chi connectivity index (χ0v) is 18.0. The number of carbonyl (C=O) groups is 3. The number of hydrogen-bond acceptors (Lipinski definition) is 6. The lowest BCUT2D eigenvalue weighted by molar-refractivity contribution is -0.164. The van der Waals surface area contributed by atoms with E-state index in [1.807, 2.05) is 30.3 Å². The lowest BCUT2D eigenvalue weighted by Gasteiger charge is -2.44. The molecule has 1 spiro atoms. The van der Waals surface area contributed by atoms with Crippen LogP contribution in [0.1, 0.15) is 38.2 Å². The van der Waals surface area contributed by atoms with E-state index < -0.39 is 45.8 Å². The average molecular weight is 434 g/mol. The molecule has 4 fully saturated rings. The van der Waals surface area contributed by atoms with Crippen LogP contribution in [-0.4, -0.2) is 34.0 Å². The van der Waals surface area contributed by atoms with E-state index in [4.69, 9.17) is 9.47 Å². The summed E-state index contributed by atoms with van der Waals surface area (Å²) in [7, 11) is 0. The van der Waals surface area contributed by atoms with Gasteiger partial charge in [0.25, 0.3) is 0 Å². The minimum atomic E-state index is -1.43. The van der Waals surface area contributed by atoms with E-state index in [0.29, 0.717) is 25.7 Å². The molecule has 1 N–H and O–H groups in total. The zero-order chi connectivity index (χ0) is 22.5. The molecular formula is C26H26O6. The highest BCUT2D eigenvalue weighted by molar-refractivity contribution is 6.13. The molecule has 5 aliphatic rings. The van der Waals surface area contributed by atoms with Crippen LogP contribution >= 0.6 is 0 Å². The third-order valence-electron chi connectivity index (χ3n) is 9.15. The number of esters is 2. The number of carbonyl (C=O) groups excluding carboxylic acids is 3. The second-order valence-electron chi connectivity index (χ2n) is 10.5. The topological polar surface area (TPSA) is 89.9 Å². The molecule has 0 unspecified atom stereocenters. The molecule has 0 radical (unpaired) electrons. The number of fused-ring (bicyclic) bond motifs is 1. The van der Waals surface area contributed by atoms with Crippen LogP contribution in [0.25, 0.3) is 0 Å². The Bertz CT molecular complexity index is 1110. The monoisotopic (exact) mass is 434 g/mol. The van der Waals surface area contributed by atoms with Gasteiger partial charge in [-0.05, 0) is 61.3 Å².